The molecule has 0 amide bonds. The Morgan fingerprint density at radius 1 is 1.22 bits per heavy atom. The molecule has 1 aromatic rings. The van der Waals surface area contributed by atoms with Gasteiger partial charge in [-0.1, -0.05) is 11.6 Å². The molecule has 124 valence electrons. The van der Waals surface area contributed by atoms with E-state index in [1.807, 2.05) is 6.07 Å². The van der Waals surface area contributed by atoms with E-state index in [0.717, 1.165) is 11.7 Å². The Bertz CT molecular complexity index is 585. The molecular weight excluding hydrogens is 310 g/mol. The molecule has 1 saturated carbocycles. The van der Waals surface area contributed by atoms with E-state index in [9.17, 15) is 0 Å². The summed E-state index contributed by atoms with van der Waals surface area (Å²) in [4.78, 5) is 2.66. The number of likely N-dealkylation sites (tertiary alicyclic amines) is 1. The van der Waals surface area contributed by atoms with Crippen molar-refractivity contribution in [2.24, 2.45) is 0 Å². The molecule has 0 aromatic heterocycles. The van der Waals surface area contributed by atoms with Crippen molar-refractivity contribution >= 4 is 17.3 Å². The van der Waals surface area contributed by atoms with Crippen LogP contribution in [0.4, 0.5) is 5.69 Å². The van der Waals surface area contributed by atoms with Gasteiger partial charge in [-0.15, -0.1) is 0 Å². The third-order valence-electron chi connectivity index (χ3n) is 5.12. The molecular formula is C18H24ClN3O. The lowest BCUT2D eigenvalue weighted by Crippen LogP contribution is -2.38. The van der Waals surface area contributed by atoms with E-state index >= 15 is 0 Å². The highest BCUT2D eigenvalue weighted by Gasteiger charge is 2.27. The van der Waals surface area contributed by atoms with Crippen LogP contribution in [-0.4, -0.2) is 37.2 Å². The van der Waals surface area contributed by atoms with E-state index in [-0.39, 0.29) is 0 Å². The number of benzene rings is 1. The molecule has 2 fully saturated rings. The fourth-order valence-electron chi connectivity index (χ4n) is 3.83. The van der Waals surface area contributed by atoms with Gasteiger partial charge in [-0.3, -0.25) is 0 Å². The molecule has 0 atom stereocenters. The average Bonchev–Trinajstić information content (AvgIpc) is 3.11. The van der Waals surface area contributed by atoms with Crippen molar-refractivity contribution in [3.63, 3.8) is 0 Å². The maximum Gasteiger partial charge on any atom is 0.138 e. The monoisotopic (exact) mass is 333 g/mol. The summed E-state index contributed by atoms with van der Waals surface area (Å²) in [7, 11) is 1.58. The molecule has 2 aliphatic rings. The van der Waals surface area contributed by atoms with Crippen LogP contribution in [0.1, 0.15) is 44.1 Å². The van der Waals surface area contributed by atoms with Crippen LogP contribution in [0.5, 0.6) is 5.75 Å². The maximum atomic E-state index is 9.11. The molecule has 0 radical (unpaired) electrons. The first-order chi connectivity index (χ1) is 11.2. The van der Waals surface area contributed by atoms with E-state index in [1.54, 1.807) is 13.2 Å². The van der Waals surface area contributed by atoms with E-state index in [4.69, 9.17) is 21.6 Å². The number of anilines is 1. The average molecular weight is 334 g/mol. The van der Waals surface area contributed by atoms with E-state index in [0.29, 0.717) is 22.4 Å². The fraction of sp³-hybridized carbons (Fsp3) is 0.611. The van der Waals surface area contributed by atoms with E-state index in [2.05, 4.69) is 16.3 Å². The summed E-state index contributed by atoms with van der Waals surface area (Å²) in [5.74, 6) is 0.574. The summed E-state index contributed by atoms with van der Waals surface area (Å²) in [6.07, 6.45) is 7.56. The lowest BCUT2D eigenvalue weighted by molar-refractivity contribution is 0.186. The van der Waals surface area contributed by atoms with Crippen LogP contribution in [0.2, 0.25) is 5.02 Å². The van der Waals surface area contributed by atoms with Gasteiger partial charge in [0, 0.05) is 18.2 Å². The van der Waals surface area contributed by atoms with Crippen molar-refractivity contribution in [3.8, 4) is 11.8 Å². The Labute approximate surface area is 143 Å². The van der Waals surface area contributed by atoms with Crippen LogP contribution >= 0.6 is 11.6 Å². The van der Waals surface area contributed by atoms with Gasteiger partial charge < -0.3 is 15.0 Å². The number of hydrogen-bond acceptors (Lipinski definition) is 4. The predicted octanol–water partition coefficient (Wildman–Crippen LogP) is 4.04. The second-order valence-electron chi connectivity index (χ2n) is 6.54. The molecule has 3 rings (SSSR count). The standard InChI is InChI=1S/C18H24ClN3O/c1-23-18-11-17(16(19)10-13(18)12-20)21-14-4-6-15(7-5-14)22-8-2-3-9-22/h10-11,14-15,21H,2-9H2,1H3/t14-,15-. The van der Waals surface area contributed by atoms with Crippen molar-refractivity contribution < 1.29 is 4.74 Å². The highest BCUT2D eigenvalue weighted by Crippen LogP contribution is 2.33. The zero-order chi connectivity index (χ0) is 16.2. The summed E-state index contributed by atoms with van der Waals surface area (Å²) in [5.41, 5.74) is 1.34. The van der Waals surface area contributed by atoms with Gasteiger partial charge in [0.25, 0.3) is 0 Å². The number of nitrogens with zero attached hydrogens (tertiary/aromatic N) is 2. The molecule has 1 aromatic carbocycles. The second kappa shape index (κ2) is 7.42. The summed E-state index contributed by atoms with van der Waals surface area (Å²) in [6, 6.07) is 6.85. The lowest BCUT2D eigenvalue weighted by atomic mass is 9.90. The van der Waals surface area contributed by atoms with Crippen LogP contribution in [0.3, 0.4) is 0 Å². The molecule has 1 N–H and O–H groups in total. The Morgan fingerprint density at radius 3 is 2.52 bits per heavy atom. The number of halogens is 1. The molecule has 1 aliphatic carbocycles. The van der Waals surface area contributed by atoms with Crippen LogP contribution < -0.4 is 10.1 Å². The number of methoxy groups -OCH3 is 1. The molecule has 1 heterocycles. The van der Waals surface area contributed by atoms with Gasteiger partial charge in [-0.25, -0.2) is 0 Å². The van der Waals surface area contributed by atoms with Crippen molar-refractivity contribution in [1.82, 2.24) is 4.90 Å². The van der Waals surface area contributed by atoms with E-state index < -0.39 is 0 Å². The third-order valence-corrected chi connectivity index (χ3v) is 5.44. The fourth-order valence-corrected chi connectivity index (χ4v) is 4.05. The van der Waals surface area contributed by atoms with Gasteiger partial charge >= 0.3 is 0 Å². The van der Waals surface area contributed by atoms with Crippen molar-refractivity contribution in [1.29, 1.82) is 5.26 Å². The normalized spacial score (nSPS) is 25.1. The highest BCUT2D eigenvalue weighted by atomic mass is 35.5. The second-order valence-corrected chi connectivity index (χ2v) is 6.94. The van der Waals surface area contributed by atoms with Crippen LogP contribution in [0, 0.1) is 11.3 Å². The SMILES string of the molecule is COc1cc(N[C@H]2CC[C@H](N3CCCC3)CC2)c(Cl)cc1C#N. The zero-order valence-corrected chi connectivity index (χ0v) is 14.4. The first-order valence-electron chi connectivity index (χ1n) is 8.49. The van der Waals surface area contributed by atoms with Crippen molar-refractivity contribution in [3.05, 3.63) is 22.7 Å². The molecule has 0 bridgehead atoms. The molecule has 0 unspecified atom stereocenters. The van der Waals surface area contributed by atoms with Gasteiger partial charge in [0.1, 0.15) is 11.8 Å². The van der Waals surface area contributed by atoms with Crippen molar-refractivity contribution in [2.75, 3.05) is 25.5 Å². The molecule has 1 aliphatic heterocycles. The Kier molecular flexibility index (Phi) is 5.30. The Balaban J connectivity index is 1.61. The molecule has 5 heteroatoms. The lowest BCUT2D eigenvalue weighted by Gasteiger charge is -2.35. The minimum absolute atomic E-state index is 0.448. The first-order valence-corrected chi connectivity index (χ1v) is 8.87. The zero-order valence-electron chi connectivity index (χ0n) is 13.6. The number of nitriles is 1. The smallest absolute Gasteiger partial charge is 0.138 e. The third kappa shape index (κ3) is 3.73. The minimum Gasteiger partial charge on any atom is -0.495 e. The largest absolute Gasteiger partial charge is 0.495 e. The first kappa shape index (κ1) is 16.4. The molecule has 23 heavy (non-hydrogen) atoms. The number of hydrogen-bond donors (Lipinski definition) is 1. The van der Waals surface area contributed by atoms with Gasteiger partial charge in [0.15, 0.2) is 0 Å². The number of rotatable bonds is 4. The number of nitrogens with one attached hydrogen (secondary N) is 1. The number of ether oxygens (including phenoxy) is 1. The summed E-state index contributed by atoms with van der Waals surface area (Å²) in [6.45, 7) is 2.56. The van der Waals surface area contributed by atoms with Crippen LogP contribution in [-0.2, 0) is 0 Å². The van der Waals surface area contributed by atoms with Crippen LogP contribution in [0.25, 0.3) is 0 Å². The molecule has 4 nitrogen and oxygen atoms in total. The highest BCUT2D eigenvalue weighted by molar-refractivity contribution is 6.33. The summed E-state index contributed by atoms with van der Waals surface area (Å²) < 4.78 is 5.28. The topological polar surface area (TPSA) is 48.3 Å². The quantitative estimate of drug-likeness (QED) is 0.903. The van der Waals surface area contributed by atoms with Gasteiger partial charge in [-0.05, 0) is 57.7 Å². The van der Waals surface area contributed by atoms with Gasteiger partial charge in [0.2, 0.25) is 0 Å². The summed E-state index contributed by atoms with van der Waals surface area (Å²) in [5, 5.41) is 13.2. The predicted molar refractivity (Wildman–Crippen MR) is 93.2 cm³/mol. The Morgan fingerprint density at radius 2 is 1.91 bits per heavy atom. The summed E-state index contributed by atoms with van der Waals surface area (Å²) >= 11 is 6.31. The van der Waals surface area contributed by atoms with Crippen LogP contribution in [0.15, 0.2) is 12.1 Å². The van der Waals surface area contributed by atoms with Crippen molar-refractivity contribution in [2.45, 2.75) is 50.6 Å². The Hall–Kier alpha value is -1.44. The van der Waals surface area contributed by atoms with E-state index in [1.165, 1.54) is 51.6 Å². The minimum atomic E-state index is 0.448. The van der Waals surface area contributed by atoms with Gasteiger partial charge in [-0.2, -0.15) is 5.26 Å². The molecule has 1 saturated heterocycles. The maximum absolute atomic E-state index is 9.11. The molecule has 0 spiro atoms. The van der Waals surface area contributed by atoms with Gasteiger partial charge in [0.05, 0.1) is 23.4 Å².